The molecule has 0 saturated heterocycles. The topological polar surface area (TPSA) is 39.2 Å². The lowest BCUT2D eigenvalue weighted by Gasteiger charge is -2.05. The third kappa shape index (κ3) is 3.93. The van der Waals surface area contributed by atoms with E-state index in [2.05, 4.69) is 20.9 Å². The first kappa shape index (κ1) is 14.3. The number of ether oxygens (including phenoxy) is 1. The Kier molecular flexibility index (Phi) is 4.80. The summed E-state index contributed by atoms with van der Waals surface area (Å²) in [5.41, 5.74) is 1.15. The maximum Gasteiger partial charge on any atom is 0.340 e. The molecule has 0 atom stereocenters. The minimum absolute atomic E-state index is 0.158. The Morgan fingerprint density at radius 1 is 1.32 bits per heavy atom. The number of esters is 1. The first-order valence-corrected chi connectivity index (χ1v) is 6.84. The second-order valence-electron chi connectivity index (χ2n) is 3.70. The van der Waals surface area contributed by atoms with Gasteiger partial charge in [0.15, 0.2) is 0 Å². The van der Waals surface area contributed by atoms with Crippen molar-refractivity contribution in [2.45, 2.75) is 6.61 Å². The summed E-state index contributed by atoms with van der Waals surface area (Å²) in [5.74, 6) is -0.494. The largest absolute Gasteiger partial charge is 0.457 e. The van der Waals surface area contributed by atoms with Crippen LogP contribution in [0.1, 0.15) is 15.9 Å². The number of carbonyl (C=O) groups is 1. The van der Waals surface area contributed by atoms with Crippen molar-refractivity contribution in [2.24, 2.45) is 0 Å². The van der Waals surface area contributed by atoms with Gasteiger partial charge in [0.1, 0.15) is 11.8 Å². The molecule has 98 valence electrons. The summed E-state index contributed by atoms with van der Waals surface area (Å²) in [5, 5.41) is 0.378. The molecule has 0 saturated carbocycles. The molecule has 0 spiro atoms. The van der Waals surface area contributed by atoms with Crippen LogP contribution in [0, 0.1) is 0 Å². The highest BCUT2D eigenvalue weighted by Gasteiger charge is 2.10. The van der Waals surface area contributed by atoms with Crippen molar-refractivity contribution in [1.82, 2.24) is 4.98 Å². The average molecular weight is 361 g/mol. The van der Waals surface area contributed by atoms with Gasteiger partial charge < -0.3 is 4.74 Å². The monoisotopic (exact) mass is 359 g/mol. The predicted octanol–water partition coefficient (Wildman–Crippen LogP) is 4.51. The van der Waals surface area contributed by atoms with Crippen molar-refractivity contribution < 1.29 is 9.53 Å². The van der Waals surface area contributed by atoms with Gasteiger partial charge in [-0.1, -0.05) is 51.3 Å². The summed E-state index contributed by atoms with van der Waals surface area (Å²) in [6, 6.07) is 8.94. The Hall–Kier alpha value is -1.10. The number of rotatable bonds is 3. The molecule has 0 aliphatic heterocycles. The van der Waals surface area contributed by atoms with E-state index in [0.29, 0.717) is 0 Å². The van der Waals surface area contributed by atoms with Crippen molar-refractivity contribution in [3.05, 3.63) is 62.3 Å². The molecule has 0 aliphatic carbocycles. The molecule has 1 heterocycles. The van der Waals surface area contributed by atoms with E-state index in [9.17, 15) is 4.79 Å². The van der Waals surface area contributed by atoms with E-state index >= 15 is 0 Å². The average Bonchev–Trinajstić information content (AvgIpc) is 2.39. The lowest BCUT2D eigenvalue weighted by atomic mass is 10.2. The molecule has 0 aliphatic rings. The Morgan fingerprint density at radius 2 is 2.11 bits per heavy atom. The number of nitrogens with zero attached hydrogens (tertiary/aromatic N) is 1. The molecule has 3 nitrogen and oxygen atoms in total. The van der Waals surface area contributed by atoms with Gasteiger partial charge in [0.05, 0.1) is 10.6 Å². The fourth-order valence-corrected chi connectivity index (χ4v) is 2.11. The van der Waals surface area contributed by atoms with Crippen LogP contribution in [0.2, 0.25) is 10.2 Å². The lowest BCUT2D eigenvalue weighted by Crippen LogP contribution is -2.05. The predicted molar refractivity (Wildman–Crippen MR) is 77.5 cm³/mol. The Labute approximate surface area is 128 Å². The summed E-state index contributed by atoms with van der Waals surface area (Å²) in [4.78, 5) is 15.6. The Balaban J connectivity index is 2.03. The molecule has 6 heteroatoms. The number of carbonyl (C=O) groups excluding carboxylic acids is 1. The molecule has 2 aromatic rings. The van der Waals surface area contributed by atoms with Crippen LogP contribution in [0.5, 0.6) is 0 Å². The summed E-state index contributed by atoms with van der Waals surface area (Å²) < 4.78 is 6.09. The van der Waals surface area contributed by atoms with Gasteiger partial charge in [-0.2, -0.15) is 0 Å². The first-order valence-electron chi connectivity index (χ1n) is 5.29. The molecular weight excluding hydrogens is 353 g/mol. The molecule has 1 aromatic carbocycles. The van der Waals surface area contributed by atoms with Gasteiger partial charge in [-0.05, 0) is 23.8 Å². The highest BCUT2D eigenvalue weighted by molar-refractivity contribution is 9.10. The van der Waals surface area contributed by atoms with E-state index in [1.807, 2.05) is 24.3 Å². The van der Waals surface area contributed by atoms with Crippen molar-refractivity contribution in [3.8, 4) is 0 Å². The standard InChI is InChI=1S/C13H8BrCl2NO2/c14-10-3-1-2-8(4-10)7-19-13(18)9-5-11(15)12(16)17-6-9/h1-6H,7H2. The van der Waals surface area contributed by atoms with E-state index in [0.717, 1.165) is 10.0 Å². The van der Waals surface area contributed by atoms with Gasteiger partial charge in [0.2, 0.25) is 0 Å². The molecule has 1 aromatic heterocycles. The molecule has 0 radical (unpaired) electrons. The van der Waals surface area contributed by atoms with Gasteiger partial charge in [0, 0.05) is 10.7 Å². The first-order chi connectivity index (χ1) is 9.06. The molecule has 0 amide bonds. The van der Waals surface area contributed by atoms with Crippen LogP contribution in [0.25, 0.3) is 0 Å². The van der Waals surface area contributed by atoms with Gasteiger partial charge in [0.25, 0.3) is 0 Å². The van der Waals surface area contributed by atoms with Gasteiger partial charge in [-0.25, -0.2) is 9.78 Å². The van der Waals surface area contributed by atoms with E-state index in [-0.39, 0.29) is 22.3 Å². The second kappa shape index (κ2) is 6.37. The van der Waals surface area contributed by atoms with Gasteiger partial charge in [-0.15, -0.1) is 0 Å². The van der Waals surface area contributed by atoms with Crippen LogP contribution < -0.4 is 0 Å². The van der Waals surface area contributed by atoms with Crippen molar-refractivity contribution in [1.29, 1.82) is 0 Å². The smallest absolute Gasteiger partial charge is 0.340 e. The molecule has 2 rings (SSSR count). The minimum atomic E-state index is -0.494. The van der Waals surface area contributed by atoms with Crippen LogP contribution in [-0.4, -0.2) is 11.0 Å². The molecule has 0 fully saturated rings. The zero-order valence-corrected chi connectivity index (χ0v) is 12.7. The number of pyridine rings is 1. The summed E-state index contributed by atoms with van der Waals surface area (Å²) >= 11 is 14.8. The third-order valence-corrected chi connectivity index (χ3v) is 3.47. The number of hydrogen-bond acceptors (Lipinski definition) is 3. The van der Waals surface area contributed by atoms with Crippen LogP contribution in [0.15, 0.2) is 41.0 Å². The maximum atomic E-state index is 11.8. The fourth-order valence-electron chi connectivity index (χ4n) is 1.39. The number of hydrogen-bond donors (Lipinski definition) is 0. The SMILES string of the molecule is O=C(OCc1cccc(Br)c1)c1cnc(Cl)c(Cl)c1. The minimum Gasteiger partial charge on any atom is -0.457 e. The van der Waals surface area contributed by atoms with Crippen LogP contribution in [0.4, 0.5) is 0 Å². The Morgan fingerprint density at radius 3 is 2.79 bits per heavy atom. The van der Waals surface area contributed by atoms with E-state index < -0.39 is 5.97 Å². The lowest BCUT2D eigenvalue weighted by molar-refractivity contribution is 0.0472. The second-order valence-corrected chi connectivity index (χ2v) is 5.38. The van der Waals surface area contributed by atoms with E-state index in [4.69, 9.17) is 27.9 Å². The molecule has 0 unspecified atom stereocenters. The molecule has 19 heavy (non-hydrogen) atoms. The van der Waals surface area contributed by atoms with Crippen molar-refractivity contribution >= 4 is 45.1 Å². The zero-order valence-electron chi connectivity index (χ0n) is 9.57. The zero-order chi connectivity index (χ0) is 13.8. The number of halogens is 3. The highest BCUT2D eigenvalue weighted by Crippen LogP contribution is 2.20. The van der Waals surface area contributed by atoms with Crippen LogP contribution in [0.3, 0.4) is 0 Å². The summed E-state index contributed by atoms with van der Waals surface area (Å²) in [6.07, 6.45) is 1.33. The molecular formula is C13H8BrCl2NO2. The normalized spacial score (nSPS) is 10.3. The van der Waals surface area contributed by atoms with Crippen LogP contribution in [-0.2, 0) is 11.3 Å². The maximum absolute atomic E-state index is 11.8. The van der Waals surface area contributed by atoms with Gasteiger partial charge in [-0.3, -0.25) is 0 Å². The molecule has 0 bridgehead atoms. The summed E-state index contributed by atoms with van der Waals surface area (Å²) in [6.45, 7) is 0.179. The van der Waals surface area contributed by atoms with Crippen molar-refractivity contribution in [3.63, 3.8) is 0 Å². The number of aromatic nitrogens is 1. The quantitative estimate of drug-likeness (QED) is 0.597. The van der Waals surface area contributed by atoms with Crippen molar-refractivity contribution in [2.75, 3.05) is 0 Å². The summed E-state index contributed by atoms with van der Waals surface area (Å²) in [7, 11) is 0. The highest BCUT2D eigenvalue weighted by atomic mass is 79.9. The van der Waals surface area contributed by atoms with Crippen LogP contribution >= 0.6 is 39.1 Å². The van der Waals surface area contributed by atoms with Gasteiger partial charge >= 0.3 is 5.97 Å². The number of benzene rings is 1. The Bertz CT molecular complexity index is 619. The van der Waals surface area contributed by atoms with E-state index in [1.165, 1.54) is 12.3 Å². The van der Waals surface area contributed by atoms with E-state index in [1.54, 1.807) is 0 Å². The fraction of sp³-hybridized carbons (Fsp3) is 0.0769. The molecule has 0 N–H and O–H groups in total. The third-order valence-electron chi connectivity index (χ3n) is 2.29.